The minimum Gasteiger partial charge on any atom is -0.213 e. The van der Waals surface area contributed by atoms with Gasteiger partial charge in [-0.05, 0) is 30.3 Å². The molecule has 15 heavy (non-hydrogen) atoms. The zero-order valence-electron chi connectivity index (χ0n) is 7.98. The fraction of sp³-hybridized carbons (Fsp3) is 0.222. The second-order valence-electron chi connectivity index (χ2n) is 2.72. The van der Waals surface area contributed by atoms with Gasteiger partial charge in [-0.25, -0.2) is 4.98 Å². The summed E-state index contributed by atoms with van der Waals surface area (Å²) in [5.41, 5.74) is 0. The van der Waals surface area contributed by atoms with Crippen LogP contribution in [0, 0.1) is 5.95 Å². The topological polar surface area (TPSA) is 38.7 Å². The van der Waals surface area contributed by atoms with Gasteiger partial charge < -0.3 is 0 Å². The Morgan fingerprint density at radius 2 is 2.27 bits per heavy atom. The fourth-order valence-corrected chi connectivity index (χ4v) is 2.72. The van der Waals surface area contributed by atoms with Crippen molar-refractivity contribution < 1.29 is 4.39 Å². The smallest absolute Gasteiger partial charge is 0.213 e. The molecule has 0 atom stereocenters. The van der Waals surface area contributed by atoms with Gasteiger partial charge in [-0.15, -0.1) is 10.2 Å². The van der Waals surface area contributed by atoms with Crippen LogP contribution in [0.15, 0.2) is 27.6 Å². The molecule has 2 rings (SSSR count). The number of aromatic nitrogens is 3. The number of pyridine rings is 1. The van der Waals surface area contributed by atoms with E-state index in [-0.39, 0.29) is 0 Å². The maximum absolute atomic E-state index is 12.8. The standard InChI is InChI=1S/C9H8FN3S2/c1-2-7-12-13-9(14-7)15-8-5-3-4-6(10)11-8/h3-5H,2H2,1H3. The van der Waals surface area contributed by atoms with Gasteiger partial charge in [0, 0.05) is 0 Å². The van der Waals surface area contributed by atoms with E-state index in [2.05, 4.69) is 15.2 Å². The molecular formula is C9H8FN3S2. The number of halogens is 1. The minimum absolute atomic E-state index is 0.472. The molecule has 2 aromatic heterocycles. The van der Waals surface area contributed by atoms with E-state index in [0.717, 1.165) is 15.8 Å². The third-order valence-corrected chi connectivity index (χ3v) is 3.69. The summed E-state index contributed by atoms with van der Waals surface area (Å²) in [5, 5.41) is 9.55. The Hall–Kier alpha value is -1.01. The molecule has 78 valence electrons. The van der Waals surface area contributed by atoms with Gasteiger partial charge in [0.25, 0.3) is 0 Å². The summed E-state index contributed by atoms with van der Waals surface area (Å²) in [7, 11) is 0. The molecular weight excluding hydrogens is 233 g/mol. The quantitative estimate of drug-likeness (QED) is 0.774. The van der Waals surface area contributed by atoms with Crippen LogP contribution in [0.3, 0.4) is 0 Å². The molecule has 2 aromatic rings. The summed E-state index contributed by atoms with van der Waals surface area (Å²) in [6, 6.07) is 4.70. The number of hydrogen-bond donors (Lipinski definition) is 0. The maximum Gasteiger partial charge on any atom is 0.213 e. The van der Waals surface area contributed by atoms with Gasteiger partial charge >= 0.3 is 0 Å². The molecule has 0 amide bonds. The summed E-state index contributed by atoms with van der Waals surface area (Å²) >= 11 is 2.84. The molecule has 0 aliphatic carbocycles. The molecule has 0 fully saturated rings. The van der Waals surface area contributed by atoms with Crippen molar-refractivity contribution in [1.29, 1.82) is 0 Å². The van der Waals surface area contributed by atoms with Gasteiger partial charge in [-0.1, -0.05) is 24.3 Å². The third kappa shape index (κ3) is 2.73. The van der Waals surface area contributed by atoms with Gasteiger partial charge in [-0.3, -0.25) is 0 Å². The highest BCUT2D eigenvalue weighted by atomic mass is 32.2. The van der Waals surface area contributed by atoms with Crippen LogP contribution in [-0.2, 0) is 6.42 Å². The minimum atomic E-state index is -0.472. The van der Waals surface area contributed by atoms with Gasteiger partial charge in [0.1, 0.15) is 10.0 Å². The molecule has 0 unspecified atom stereocenters. The first-order chi connectivity index (χ1) is 7.28. The summed E-state index contributed by atoms with van der Waals surface area (Å²) in [6.45, 7) is 2.02. The Morgan fingerprint density at radius 3 is 2.93 bits per heavy atom. The van der Waals surface area contributed by atoms with Crippen molar-refractivity contribution in [3.63, 3.8) is 0 Å². The second kappa shape index (κ2) is 4.67. The van der Waals surface area contributed by atoms with E-state index in [1.165, 1.54) is 29.2 Å². The first kappa shape index (κ1) is 10.5. The van der Waals surface area contributed by atoms with Gasteiger partial charge in [0.05, 0.1) is 0 Å². The van der Waals surface area contributed by atoms with Gasteiger partial charge in [-0.2, -0.15) is 4.39 Å². The molecule has 0 spiro atoms. The summed E-state index contributed by atoms with van der Waals surface area (Å²) in [4.78, 5) is 3.74. The number of hydrogen-bond acceptors (Lipinski definition) is 5. The molecule has 0 saturated heterocycles. The van der Waals surface area contributed by atoms with Gasteiger partial charge in [0.2, 0.25) is 5.95 Å². The van der Waals surface area contributed by atoms with Crippen molar-refractivity contribution >= 4 is 23.1 Å². The number of aryl methyl sites for hydroxylation is 1. The zero-order valence-corrected chi connectivity index (χ0v) is 9.61. The highest BCUT2D eigenvalue weighted by Crippen LogP contribution is 2.28. The van der Waals surface area contributed by atoms with Crippen LogP contribution in [-0.4, -0.2) is 15.2 Å². The molecule has 0 aliphatic heterocycles. The highest BCUT2D eigenvalue weighted by molar-refractivity contribution is 8.01. The van der Waals surface area contributed by atoms with Crippen LogP contribution >= 0.6 is 23.1 Å². The van der Waals surface area contributed by atoms with E-state index >= 15 is 0 Å². The summed E-state index contributed by atoms with van der Waals surface area (Å²) < 4.78 is 13.6. The molecule has 0 bridgehead atoms. The van der Waals surface area contributed by atoms with E-state index in [4.69, 9.17) is 0 Å². The number of rotatable bonds is 3. The van der Waals surface area contributed by atoms with E-state index < -0.39 is 5.95 Å². The van der Waals surface area contributed by atoms with Crippen LogP contribution in [0.1, 0.15) is 11.9 Å². The predicted octanol–water partition coefficient (Wildman–Crippen LogP) is 2.79. The lowest BCUT2D eigenvalue weighted by molar-refractivity contribution is 0.572. The number of nitrogens with zero attached hydrogens (tertiary/aromatic N) is 3. The van der Waals surface area contributed by atoms with E-state index in [0.29, 0.717) is 5.03 Å². The SMILES string of the molecule is CCc1nnc(Sc2cccc(F)n2)s1. The Morgan fingerprint density at radius 1 is 1.40 bits per heavy atom. The third-order valence-electron chi connectivity index (χ3n) is 1.63. The van der Waals surface area contributed by atoms with Crippen molar-refractivity contribution in [2.75, 3.05) is 0 Å². The average Bonchev–Trinajstić information content (AvgIpc) is 2.65. The largest absolute Gasteiger partial charge is 0.213 e. The van der Waals surface area contributed by atoms with E-state index in [1.807, 2.05) is 6.92 Å². The maximum atomic E-state index is 12.8. The first-order valence-corrected chi connectivity index (χ1v) is 6.04. The Kier molecular flexibility index (Phi) is 3.27. The molecule has 0 N–H and O–H groups in total. The molecule has 0 aliphatic rings. The Bertz CT molecular complexity index is 458. The van der Waals surface area contributed by atoms with Crippen molar-refractivity contribution in [1.82, 2.24) is 15.2 Å². The van der Waals surface area contributed by atoms with E-state index in [1.54, 1.807) is 12.1 Å². The van der Waals surface area contributed by atoms with Crippen LogP contribution in [0.25, 0.3) is 0 Å². The summed E-state index contributed by atoms with van der Waals surface area (Å²) in [5.74, 6) is -0.472. The monoisotopic (exact) mass is 241 g/mol. The van der Waals surface area contributed by atoms with Crippen molar-refractivity contribution in [3.8, 4) is 0 Å². The zero-order chi connectivity index (χ0) is 10.7. The Balaban J connectivity index is 2.14. The Labute approximate surface area is 94.8 Å². The van der Waals surface area contributed by atoms with Crippen LogP contribution < -0.4 is 0 Å². The average molecular weight is 241 g/mol. The van der Waals surface area contributed by atoms with Crippen LogP contribution in [0.5, 0.6) is 0 Å². The molecule has 0 saturated carbocycles. The molecule has 0 radical (unpaired) electrons. The lowest BCUT2D eigenvalue weighted by Crippen LogP contribution is -1.83. The predicted molar refractivity (Wildman–Crippen MR) is 57.6 cm³/mol. The van der Waals surface area contributed by atoms with Crippen LogP contribution in [0.4, 0.5) is 4.39 Å². The molecule has 6 heteroatoms. The first-order valence-electron chi connectivity index (χ1n) is 4.40. The van der Waals surface area contributed by atoms with Crippen molar-refractivity contribution in [3.05, 3.63) is 29.2 Å². The van der Waals surface area contributed by atoms with Crippen molar-refractivity contribution in [2.45, 2.75) is 22.7 Å². The second-order valence-corrected chi connectivity index (χ2v) is 5.05. The van der Waals surface area contributed by atoms with E-state index in [9.17, 15) is 4.39 Å². The molecule has 0 aromatic carbocycles. The van der Waals surface area contributed by atoms with Crippen molar-refractivity contribution in [2.24, 2.45) is 0 Å². The summed E-state index contributed by atoms with van der Waals surface area (Å²) in [6.07, 6.45) is 0.870. The molecule has 2 heterocycles. The van der Waals surface area contributed by atoms with Gasteiger partial charge in [0.15, 0.2) is 4.34 Å². The highest BCUT2D eigenvalue weighted by Gasteiger charge is 2.05. The van der Waals surface area contributed by atoms with Crippen LogP contribution in [0.2, 0.25) is 0 Å². The normalized spacial score (nSPS) is 10.5. The molecule has 3 nitrogen and oxygen atoms in total. The fourth-order valence-electron chi connectivity index (χ4n) is 0.958. The lowest BCUT2D eigenvalue weighted by Gasteiger charge is -1.94. The lowest BCUT2D eigenvalue weighted by atomic mass is 10.5.